The van der Waals surface area contributed by atoms with E-state index in [0.717, 1.165) is 62.7 Å². The van der Waals surface area contributed by atoms with E-state index in [2.05, 4.69) is 10.5 Å². The van der Waals surface area contributed by atoms with Gasteiger partial charge < -0.3 is 24.6 Å². The van der Waals surface area contributed by atoms with Crippen LogP contribution in [0.15, 0.2) is 47.0 Å². The molecule has 2 aliphatic heterocycles. The molecule has 3 aromatic rings. The lowest BCUT2D eigenvalue weighted by molar-refractivity contribution is -0.118. The summed E-state index contributed by atoms with van der Waals surface area (Å²) in [6.07, 6.45) is 8.18. The van der Waals surface area contributed by atoms with Gasteiger partial charge in [0.25, 0.3) is 0 Å². The Bertz CT molecular complexity index is 1480. The molecule has 1 aromatic heterocycles. The summed E-state index contributed by atoms with van der Waals surface area (Å²) in [4.78, 5) is 26.5. The van der Waals surface area contributed by atoms with E-state index in [1.54, 1.807) is 12.1 Å². The number of benzene rings is 2. The number of urea groups is 1. The average molecular weight is 597 g/mol. The Morgan fingerprint density at radius 1 is 1.02 bits per heavy atom. The number of carbonyl (C=O) groups is 2. The van der Waals surface area contributed by atoms with Crippen molar-refractivity contribution in [1.82, 2.24) is 10.1 Å². The van der Waals surface area contributed by atoms with Crippen molar-refractivity contribution in [2.24, 2.45) is 5.41 Å². The van der Waals surface area contributed by atoms with Crippen molar-refractivity contribution in [2.45, 2.75) is 82.1 Å². The Balaban J connectivity index is 0.992. The van der Waals surface area contributed by atoms with Gasteiger partial charge in [0, 0.05) is 34.8 Å². The lowest BCUT2D eigenvalue weighted by Crippen LogP contribution is -2.56. The number of hydrogen-bond acceptors (Lipinski definition) is 5. The van der Waals surface area contributed by atoms with Crippen LogP contribution in [0.25, 0.3) is 11.3 Å². The molecule has 41 heavy (non-hydrogen) atoms. The number of aromatic nitrogens is 1. The van der Waals surface area contributed by atoms with Crippen molar-refractivity contribution < 1.29 is 24.0 Å². The van der Waals surface area contributed by atoms with Gasteiger partial charge >= 0.3 is 12.0 Å². The third kappa shape index (κ3) is 5.00. The molecule has 2 aromatic carbocycles. The van der Waals surface area contributed by atoms with Crippen LogP contribution in [0.1, 0.15) is 79.0 Å². The third-order valence-electron chi connectivity index (χ3n) is 9.30. The quantitative estimate of drug-likeness (QED) is 0.289. The maximum Gasteiger partial charge on any atom is 0.335 e. The standard InChI is InChI=1S/C31H31Cl2N3O5/c32-24-5-2-6-25(33)26(24)27-23(28(41-35-27)17-7-8-17)16-40-22-14-31(15-22)12-20-9-10-21(13-31)36(20)30(39)34-19-4-1-3-18(11-19)29(37)38/h1-6,11,17,20-22H,7-10,12-16H2,(H,34,39)(H,37,38). The van der Waals surface area contributed by atoms with E-state index < -0.39 is 5.97 Å². The first-order chi connectivity index (χ1) is 19.8. The molecule has 10 heteroatoms. The topological polar surface area (TPSA) is 105 Å². The Kier molecular flexibility index (Phi) is 6.75. The van der Waals surface area contributed by atoms with Crippen molar-refractivity contribution in [3.8, 4) is 11.3 Å². The Morgan fingerprint density at radius 3 is 2.37 bits per heavy atom. The fraction of sp³-hybridized carbons (Fsp3) is 0.452. The van der Waals surface area contributed by atoms with Crippen molar-refractivity contribution >= 4 is 40.9 Å². The van der Waals surface area contributed by atoms with Crippen molar-refractivity contribution in [2.75, 3.05) is 5.32 Å². The molecule has 2 amide bonds. The average Bonchev–Trinajstić information content (AvgIpc) is 3.62. The van der Waals surface area contributed by atoms with Gasteiger partial charge in [-0.15, -0.1) is 0 Å². The molecule has 2 saturated heterocycles. The zero-order valence-electron chi connectivity index (χ0n) is 22.4. The van der Waals surface area contributed by atoms with Crippen LogP contribution >= 0.6 is 23.2 Å². The van der Waals surface area contributed by atoms with E-state index in [4.69, 9.17) is 32.5 Å². The maximum atomic E-state index is 13.2. The number of fused-ring (bicyclic) bond motifs is 2. The van der Waals surface area contributed by atoms with Crippen LogP contribution in [-0.2, 0) is 11.3 Å². The molecule has 2 N–H and O–H groups in total. The molecule has 0 radical (unpaired) electrons. The predicted molar refractivity (Wildman–Crippen MR) is 154 cm³/mol. The van der Waals surface area contributed by atoms with Crippen LogP contribution < -0.4 is 5.32 Å². The fourth-order valence-electron chi connectivity index (χ4n) is 7.30. The Labute approximate surface area is 247 Å². The first-order valence-corrected chi connectivity index (χ1v) is 15.0. The van der Waals surface area contributed by atoms with Gasteiger partial charge in [0.2, 0.25) is 0 Å². The SMILES string of the molecule is O=C(O)c1cccc(NC(=O)N2C3CCC2CC2(CC(OCc4c(-c5c(Cl)cccc5Cl)noc4C4CC4)C2)C3)c1. The summed E-state index contributed by atoms with van der Waals surface area (Å²) in [6, 6.07) is 12.0. The highest BCUT2D eigenvalue weighted by atomic mass is 35.5. The molecule has 8 nitrogen and oxygen atoms in total. The van der Waals surface area contributed by atoms with Crippen LogP contribution in [0.2, 0.25) is 10.0 Å². The van der Waals surface area contributed by atoms with E-state index in [1.165, 1.54) is 12.1 Å². The lowest BCUT2D eigenvalue weighted by atomic mass is 9.59. The van der Waals surface area contributed by atoms with Gasteiger partial charge in [0.1, 0.15) is 11.5 Å². The van der Waals surface area contributed by atoms with E-state index in [0.29, 0.717) is 39.5 Å². The maximum absolute atomic E-state index is 13.2. The molecule has 1 spiro atoms. The van der Waals surface area contributed by atoms with E-state index in [-0.39, 0.29) is 35.2 Å². The molecule has 2 bridgehead atoms. The number of nitrogens with one attached hydrogen (secondary N) is 1. The zero-order valence-corrected chi connectivity index (χ0v) is 24.0. The minimum atomic E-state index is -1.01. The van der Waals surface area contributed by atoms with Crippen molar-refractivity contribution in [3.05, 3.63) is 69.4 Å². The minimum Gasteiger partial charge on any atom is -0.478 e. The number of carbonyl (C=O) groups excluding carboxylic acids is 1. The summed E-state index contributed by atoms with van der Waals surface area (Å²) in [6.45, 7) is 0.407. The van der Waals surface area contributed by atoms with Crippen LogP contribution in [0.4, 0.5) is 10.5 Å². The molecule has 2 atom stereocenters. The molecular formula is C31H31Cl2N3O5. The molecule has 4 fully saturated rings. The van der Waals surface area contributed by atoms with Gasteiger partial charge in [0.15, 0.2) is 0 Å². The number of ether oxygens (including phenoxy) is 1. The van der Waals surface area contributed by atoms with Crippen molar-refractivity contribution in [3.63, 3.8) is 0 Å². The molecule has 7 rings (SSSR count). The number of amides is 2. The number of anilines is 1. The highest BCUT2D eigenvalue weighted by molar-refractivity contribution is 6.39. The number of piperidine rings is 1. The minimum absolute atomic E-state index is 0.144. The molecule has 3 heterocycles. The number of nitrogens with zero attached hydrogens (tertiary/aromatic N) is 2. The number of carboxylic acid groups (broad SMARTS) is 1. The van der Waals surface area contributed by atoms with E-state index >= 15 is 0 Å². The molecular weight excluding hydrogens is 565 g/mol. The molecule has 2 aliphatic carbocycles. The highest BCUT2D eigenvalue weighted by Gasteiger charge is 2.55. The van der Waals surface area contributed by atoms with Gasteiger partial charge in [-0.05, 0) is 87.1 Å². The summed E-state index contributed by atoms with van der Waals surface area (Å²) in [7, 11) is 0. The number of halogens is 2. The number of rotatable bonds is 7. The van der Waals surface area contributed by atoms with Gasteiger partial charge in [-0.3, -0.25) is 0 Å². The summed E-state index contributed by atoms with van der Waals surface area (Å²) in [5.41, 5.74) is 3.15. The van der Waals surface area contributed by atoms with Gasteiger partial charge in [-0.25, -0.2) is 9.59 Å². The van der Waals surface area contributed by atoms with Crippen LogP contribution in [-0.4, -0.2) is 45.4 Å². The summed E-state index contributed by atoms with van der Waals surface area (Å²) < 4.78 is 12.2. The van der Waals surface area contributed by atoms with Gasteiger partial charge in [-0.2, -0.15) is 0 Å². The fourth-order valence-corrected chi connectivity index (χ4v) is 7.88. The predicted octanol–water partition coefficient (Wildman–Crippen LogP) is 7.75. The third-order valence-corrected chi connectivity index (χ3v) is 9.93. The number of aromatic carboxylic acids is 1. The molecule has 2 unspecified atom stereocenters. The normalized spacial score (nSPS) is 26.7. The van der Waals surface area contributed by atoms with Crippen LogP contribution in [0, 0.1) is 5.41 Å². The second kappa shape index (κ2) is 10.3. The van der Waals surface area contributed by atoms with E-state index in [1.807, 2.05) is 23.1 Å². The van der Waals surface area contributed by atoms with Crippen LogP contribution in [0.3, 0.4) is 0 Å². The highest BCUT2D eigenvalue weighted by Crippen LogP contribution is 2.57. The molecule has 214 valence electrons. The molecule has 4 aliphatic rings. The monoisotopic (exact) mass is 595 g/mol. The first kappa shape index (κ1) is 26.8. The van der Waals surface area contributed by atoms with Gasteiger partial charge in [0.05, 0.1) is 28.3 Å². The Hall–Kier alpha value is -3.07. The largest absolute Gasteiger partial charge is 0.478 e. The summed E-state index contributed by atoms with van der Waals surface area (Å²) in [5.74, 6) is 0.248. The zero-order chi connectivity index (χ0) is 28.3. The second-order valence-electron chi connectivity index (χ2n) is 12.1. The lowest BCUT2D eigenvalue weighted by Gasteiger charge is -2.54. The first-order valence-electron chi connectivity index (χ1n) is 14.3. The Morgan fingerprint density at radius 2 is 1.71 bits per heavy atom. The van der Waals surface area contributed by atoms with E-state index in [9.17, 15) is 14.7 Å². The second-order valence-corrected chi connectivity index (χ2v) is 12.9. The molecule has 2 saturated carbocycles. The number of carboxylic acids is 1. The van der Waals surface area contributed by atoms with Gasteiger partial charge in [-0.1, -0.05) is 40.5 Å². The number of hydrogen-bond donors (Lipinski definition) is 2. The van der Waals surface area contributed by atoms with Crippen LogP contribution in [0.5, 0.6) is 0 Å². The van der Waals surface area contributed by atoms with Crippen molar-refractivity contribution in [1.29, 1.82) is 0 Å². The summed E-state index contributed by atoms with van der Waals surface area (Å²) >= 11 is 13.0. The summed E-state index contributed by atoms with van der Waals surface area (Å²) in [5, 5.41) is 17.6. The smallest absolute Gasteiger partial charge is 0.335 e.